The molecule has 3 aromatic rings. The van der Waals surface area contributed by atoms with E-state index in [-0.39, 0.29) is 24.7 Å². The molecule has 0 bridgehead atoms. The number of aromatic nitrogens is 1. The summed E-state index contributed by atoms with van der Waals surface area (Å²) >= 11 is 0. The minimum atomic E-state index is -1.18. The molecule has 1 aliphatic rings. The molecule has 1 aliphatic heterocycles. The Bertz CT molecular complexity index is 1270. The first-order valence-electron chi connectivity index (χ1n) is 9.75. The van der Waals surface area contributed by atoms with Crippen molar-refractivity contribution in [3.05, 3.63) is 98.7 Å². The van der Waals surface area contributed by atoms with Gasteiger partial charge in [-0.1, -0.05) is 30.3 Å². The highest BCUT2D eigenvalue weighted by atomic mass is 19.1. The van der Waals surface area contributed by atoms with Crippen molar-refractivity contribution < 1.29 is 27.5 Å². The number of nitrogens with one attached hydrogen (secondary N) is 3. The Kier molecular flexibility index (Phi) is 6.03. The molecule has 0 unspecified atom stereocenters. The predicted octanol–water partition coefficient (Wildman–Crippen LogP) is 2.02. The van der Waals surface area contributed by atoms with Crippen LogP contribution < -0.4 is 26.2 Å². The Labute approximate surface area is 185 Å². The molecule has 0 saturated heterocycles. The van der Waals surface area contributed by atoms with Gasteiger partial charge >= 0.3 is 0 Å². The maximum absolute atomic E-state index is 13.9. The first-order valence-corrected chi connectivity index (χ1v) is 9.75. The minimum Gasteiger partial charge on any atom is -0.482 e. The van der Waals surface area contributed by atoms with Gasteiger partial charge in [-0.3, -0.25) is 19.1 Å². The smallest absolute Gasteiger partial charge is 0.275 e. The molecule has 0 spiro atoms. The predicted molar refractivity (Wildman–Crippen MR) is 111 cm³/mol. The van der Waals surface area contributed by atoms with E-state index in [1.807, 2.05) is 0 Å². The fourth-order valence-electron chi connectivity index (χ4n) is 3.25. The van der Waals surface area contributed by atoms with Crippen LogP contribution in [0.5, 0.6) is 5.75 Å². The first kappa shape index (κ1) is 21.9. The topological polar surface area (TPSA) is 101 Å². The summed E-state index contributed by atoms with van der Waals surface area (Å²) in [4.78, 5) is 38.1. The van der Waals surface area contributed by atoms with E-state index in [0.29, 0.717) is 12.1 Å². The van der Waals surface area contributed by atoms with Gasteiger partial charge in [0.25, 0.3) is 11.8 Å². The van der Waals surface area contributed by atoms with E-state index in [1.54, 1.807) is 30.3 Å². The lowest BCUT2D eigenvalue weighted by Crippen LogP contribution is -2.44. The van der Waals surface area contributed by atoms with Gasteiger partial charge in [-0.2, -0.15) is 0 Å². The molecule has 1 aromatic heterocycles. The quantitative estimate of drug-likeness (QED) is 0.525. The van der Waals surface area contributed by atoms with Crippen molar-refractivity contribution in [1.82, 2.24) is 15.3 Å². The van der Waals surface area contributed by atoms with E-state index in [1.165, 1.54) is 4.68 Å². The van der Waals surface area contributed by atoms with Gasteiger partial charge in [0, 0.05) is 30.4 Å². The highest BCUT2D eigenvalue weighted by molar-refractivity contribution is 5.99. The highest BCUT2D eigenvalue weighted by Crippen LogP contribution is 2.19. The molecule has 4 rings (SSSR count). The van der Waals surface area contributed by atoms with Crippen LogP contribution in [0.2, 0.25) is 0 Å². The molecule has 0 saturated carbocycles. The lowest BCUT2D eigenvalue weighted by Gasteiger charge is -2.24. The third-order valence-electron chi connectivity index (χ3n) is 4.88. The summed E-state index contributed by atoms with van der Waals surface area (Å²) in [5, 5.41) is 4.75. The molecule has 2 heterocycles. The normalized spacial score (nSPS) is 12.4. The molecule has 0 fully saturated rings. The number of hydrogen-bond acceptors (Lipinski definition) is 5. The summed E-state index contributed by atoms with van der Waals surface area (Å²) in [6, 6.07) is 9.82. The van der Waals surface area contributed by atoms with Crippen LogP contribution in [0, 0.1) is 17.5 Å². The van der Waals surface area contributed by atoms with Gasteiger partial charge in [-0.25, -0.2) is 13.2 Å². The third kappa shape index (κ3) is 4.52. The second kappa shape index (κ2) is 9.07. The number of amides is 2. The molecular formula is C22H17F3N4O4. The van der Waals surface area contributed by atoms with E-state index in [0.717, 1.165) is 11.8 Å². The molecular weight excluding hydrogens is 441 g/mol. The Morgan fingerprint density at radius 2 is 1.79 bits per heavy atom. The number of ether oxygens (including phenoxy) is 1. The van der Waals surface area contributed by atoms with E-state index in [9.17, 15) is 27.6 Å². The fraction of sp³-hybridized carbons (Fsp3) is 0.136. The zero-order chi connectivity index (χ0) is 23.5. The molecule has 0 atom stereocenters. The van der Waals surface area contributed by atoms with E-state index >= 15 is 0 Å². The second-order valence-corrected chi connectivity index (χ2v) is 7.07. The number of carbonyl (C=O) groups excluding carboxylic acids is 2. The minimum absolute atomic E-state index is 0.0277. The van der Waals surface area contributed by atoms with E-state index in [4.69, 9.17) is 4.74 Å². The van der Waals surface area contributed by atoms with Crippen LogP contribution in [0.1, 0.15) is 32.0 Å². The van der Waals surface area contributed by atoms with Gasteiger partial charge in [-0.05, 0) is 5.56 Å². The number of pyridine rings is 1. The van der Waals surface area contributed by atoms with E-state index in [2.05, 4.69) is 16.1 Å². The maximum atomic E-state index is 13.9. The number of benzene rings is 2. The number of carbonyl (C=O) groups is 2. The number of hydrogen-bond donors (Lipinski definition) is 3. The van der Waals surface area contributed by atoms with Gasteiger partial charge < -0.3 is 20.8 Å². The van der Waals surface area contributed by atoms with Crippen LogP contribution in [-0.4, -0.2) is 23.2 Å². The third-order valence-corrected chi connectivity index (χ3v) is 4.88. The molecule has 0 aliphatic carbocycles. The summed E-state index contributed by atoms with van der Waals surface area (Å²) in [5.74, 6) is -5.37. The average molecular weight is 458 g/mol. The number of fused-ring (bicyclic) bond motifs is 1. The van der Waals surface area contributed by atoms with E-state index < -0.39 is 52.4 Å². The average Bonchev–Trinajstić information content (AvgIpc) is 2.78. The lowest BCUT2D eigenvalue weighted by atomic mass is 10.1. The van der Waals surface area contributed by atoms with Crippen LogP contribution in [0.4, 0.5) is 13.2 Å². The van der Waals surface area contributed by atoms with Crippen LogP contribution in [0.3, 0.4) is 0 Å². The zero-order valence-electron chi connectivity index (χ0n) is 17.0. The molecule has 11 heteroatoms. The van der Waals surface area contributed by atoms with Crippen LogP contribution in [-0.2, 0) is 13.2 Å². The Hall–Kier alpha value is -4.28. The molecule has 2 aromatic carbocycles. The lowest BCUT2D eigenvalue weighted by molar-refractivity contribution is 0.0917. The van der Waals surface area contributed by atoms with Gasteiger partial charge in [0.05, 0.1) is 0 Å². The second-order valence-electron chi connectivity index (χ2n) is 7.07. The number of rotatable bonds is 6. The standard InChI is InChI=1S/C22H17F3N4O4/c23-13-6-16(24)14(17(25)7-13)8-26-21(31)15-9-29-18(22(32)27-11-28-29)20(19(15)30)33-10-12-4-2-1-3-5-12/h1-7,9,28H,8,10-11H2,(H,26,31)(H,27,32). The summed E-state index contributed by atoms with van der Waals surface area (Å²) in [5.41, 5.74) is 1.49. The van der Waals surface area contributed by atoms with Crippen molar-refractivity contribution in [3.8, 4) is 5.75 Å². The van der Waals surface area contributed by atoms with Crippen LogP contribution in [0.15, 0.2) is 53.5 Å². The summed E-state index contributed by atoms with van der Waals surface area (Å²) < 4.78 is 47.6. The largest absolute Gasteiger partial charge is 0.482 e. The van der Waals surface area contributed by atoms with Crippen molar-refractivity contribution in [3.63, 3.8) is 0 Å². The molecule has 0 radical (unpaired) electrons. The zero-order valence-corrected chi connectivity index (χ0v) is 17.0. The van der Waals surface area contributed by atoms with Crippen molar-refractivity contribution >= 4 is 11.8 Å². The Morgan fingerprint density at radius 3 is 2.48 bits per heavy atom. The highest BCUT2D eigenvalue weighted by Gasteiger charge is 2.28. The van der Waals surface area contributed by atoms with Gasteiger partial charge in [0.15, 0.2) is 11.4 Å². The summed E-state index contributed by atoms with van der Waals surface area (Å²) in [7, 11) is 0. The van der Waals surface area contributed by atoms with Gasteiger partial charge in [0.1, 0.15) is 36.3 Å². The van der Waals surface area contributed by atoms with Gasteiger partial charge in [-0.15, -0.1) is 0 Å². The van der Waals surface area contributed by atoms with Crippen molar-refractivity contribution in [1.29, 1.82) is 0 Å². The molecule has 3 N–H and O–H groups in total. The van der Waals surface area contributed by atoms with Crippen molar-refractivity contribution in [2.75, 3.05) is 12.1 Å². The fourth-order valence-corrected chi connectivity index (χ4v) is 3.25. The maximum Gasteiger partial charge on any atom is 0.275 e. The summed E-state index contributed by atoms with van der Waals surface area (Å²) in [6.45, 7) is -0.653. The first-order chi connectivity index (χ1) is 15.8. The Morgan fingerprint density at radius 1 is 1.09 bits per heavy atom. The Balaban J connectivity index is 1.65. The molecule has 8 nitrogen and oxygen atoms in total. The molecule has 2 amide bonds. The SMILES string of the molecule is O=C(NCc1c(F)cc(F)cc1F)c1cn2c(c(OCc3ccccc3)c1=O)C(=O)NCN2. The van der Waals surface area contributed by atoms with Gasteiger partial charge in [0.2, 0.25) is 5.43 Å². The summed E-state index contributed by atoms with van der Waals surface area (Å²) in [6.07, 6.45) is 1.10. The van der Waals surface area contributed by atoms with Crippen molar-refractivity contribution in [2.24, 2.45) is 0 Å². The monoisotopic (exact) mass is 458 g/mol. The number of halogens is 3. The van der Waals surface area contributed by atoms with Crippen LogP contribution in [0.25, 0.3) is 0 Å². The molecule has 33 heavy (non-hydrogen) atoms. The molecule has 170 valence electrons. The number of nitrogens with zero attached hydrogens (tertiary/aromatic N) is 1. The van der Waals surface area contributed by atoms with Crippen molar-refractivity contribution in [2.45, 2.75) is 13.2 Å². The van der Waals surface area contributed by atoms with Crippen LogP contribution >= 0.6 is 0 Å².